The van der Waals surface area contributed by atoms with Crippen LogP contribution in [0.15, 0.2) is 18.2 Å². The SMILES string of the molecule is CCN1CCCC1COC(=O)Nc1c(C)cccc1C. The first-order valence-electron chi connectivity index (χ1n) is 7.36. The first kappa shape index (κ1) is 14.9. The third-order valence-corrected chi connectivity index (χ3v) is 4.02. The molecule has 20 heavy (non-hydrogen) atoms. The van der Waals surface area contributed by atoms with Crippen molar-refractivity contribution in [2.75, 3.05) is 25.0 Å². The number of likely N-dealkylation sites (N-methyl/N-ethyl adjacent to an activating group) is 1. The Labute approximate surface area is 121 Å². The molecule has 2 rings (SSSR count). The maximum absolute atomic E-state index is 11.9. The van der Waals surface area contributed by atoms with Gasteiger partial charge in [-0.3, -0.25) is 10.2 Å². The maximum Gasteiger partial charge on any atom is 0.411 e. The van der Waals surface area contributed by atoms with E-state index in [9.17, 15) is 4.79 Å². The number of benzene rings is 1. The average Bonchev–Trinajstić information content (AvgIpc) is 2.88. The average molecular weight is 276 g/mol. The highest BCUT2D eigenvalue weighted by Gasteiger charge is 2.24. The number of amides is 1. The molecule has 0 aliphatic carbocycles. The molecule has 0 aromatic heterocycles. The fraction of sp³-hybridized carbons (Fsp3) is 0.562. The van der Waals surface area contributed by atoms with Crippen LogP contribution in [0.3, 0.4) is 0 Å². The molecule has 0 radical (unpaired) electrons. The van der Waals surface area contributed by atoms with Crippen molar-refractivity contribution in [3.63, 3.8) is 0 Å². The summed E-state index contributed by atoms with van der Waals surface area (Å²) in [7, 11) is 0. The third kappa shape index (κ3) is 3.51. The van der Waals surface area contributed by atoms with Gasteiger partial charge in [-0.1, -0.05) is 25.1 Å². The van der Waals surface area contributed by atoms with E-state index in [1.165, 1.54) is 6.42 Å². The molecule has 1 unspecified atom stereocenters. The van der Waals surface area contributed by atoms with Crippen LogP contribution in [0.4, 0.5) is 10.5 Å². The second kappa shape index (κ2) is 6.75. The lowest BCUT2D eigenvalue weighted by Crippen LogP contribution is -2.34. The van der Waals surface area contributed by atoms with E-state index in [2.05, 4.69) is 17.1 Å². The minimum atomic E-state index is -0.356. The van der Waals surface area contributed by atoms with Crippen molar-refractivity contribution in [2.24, 2.45) is 0 Å². The summed E-state index contributed by atoms with van der Waals surface area (Å²) in [5.74, 6) is 0. The highest BCUT2D eigenvalue weighted by Crippen LogP contribution is 2.20. The van der Waals surface area contributed by atoms with Crippen LogP contribution in [0.5, 0.6) is 0 Å². The van der Waals surface area contributed by atoms with E-state index in [0.29, 0.717) is 12.6 Å². The molecule has 1 N–H and O–H groups in total. The Morgan fingerprint density at radius 1 is 1.40 bits per heavy atom. The number of aryl methyl sites for hydroxylation is 2. The smallest absolute Gasteiger partial charge is 0.411 e. The molecule has 0 bridgehead atoms. The molecule has 4 heteroatoms. The Bertz CT molecular complexity index is 453. The van der Waals surface area contributed by atoms with Crippen LogP contribution in [0.25, 0.3) is 0 Å². The van der Waals surface area contributed by atoms with Crippen LogP contribution in [-0.2, 0) is 4.74 Å². The first-order chi connectivity index (χ1) is 9.61. The standard InChI is InChI=1S/C16H24N2O2/c1-4-18-10-6-9-14(18)11-20-16(19)17-15-12(2)7-5-8-13(15)3/h5,7-8,14H,4,6,9-11H2,1-3H3,(H,17,19). The van der Waals surface area contributed by atoms with Crippen molar-refractivity contribution in [1.29, 1.82) is 0 Å². The zero-order valence-corrected chi connectivity index (χ0v) is 12.6. The quantitative estimate of drug-likeness (QED) is 0.917. The number of anilines is 1. The summed E-state index contributed by atoms with van der Waals surface area (Å²) in [5, 5.41) is 2.86. The van der Waals surface area contributed by atoms with Gasteiger partial charge < -0.3 is 4.74 Å². The van der Waals surface area contributed by atoms with E-state index in [1.807, 2.05) is 32.0 Å². The van der Waals surface area contributed by atoms with Gasteiger partial charge in [-0.05, 0) is 50.9 Å². The van der Waals surface area contributed by atoms with Gasteiger partial charge in [-0.2, -0.15) is 0 Å². The van der Waals surface area contributed by atoms with E-state index in [0.717, 1.165) is 36.3 Å². The number of para-hydroxylation sites is 1. The Morgan fingerprint density at radius 2 is 2.10 bits per heavy atom. The largest absolute Gasteiger partial charge is 0.448 e. The highest BCUT2D eigenvalue weighted by atomic mass is 16.5. The molecule has 0 spiro atoms. The zero-order valence-electron chi connectivity index (χ0n) is 12.6. The number of carbonyl (C=O) groups is 1. The number of nitrogens with one attached hydrogen (secondary N) is 1. The van der Waals surface area contributed by atoms with Crippen molar-refractivity contribution in [1.82, 2.24) is 4.90 Å². The maximum atomic E-state index is 11.9. The highest BCUT2D eigenvalue weighted by molar-refractivity contribution is 5.86. The number of nitrogens with zero attached hydrogens (tertiary/aromatic N) is 1. The summed E-state index contributed by atoms with van der Waals surface area (Å²) in [6, 6.07) is 6.33. The van der Waals surface area contributed by atoms with E-state index in [-0.39, 0.29) is 6.09 Å². The molecule has 1 aromatic carbocycles. The van der Waals surface area contributed by atoms with Gasteiger partial charge >= 0.3 is 6.09 Å². The number of rotatable bonds is 4. The monoisotopic (exact) mass is 276 g/mol. The van der Waals surface area contributed by atoms with Crippen molar-refractivity contribution in [3.05, 3.63) is 29.3 Å². The summed E-state index contributed by atoms with van der Waals surface area (Å²) >= 11 is 0. The zero-order chi connectivity index (χ0) is 14.5. The molecule has 1 fully saturated rings. The van der Waals surface area contributed by atoms with Crippen molar-refractivity contribution in [2.45, 2.75) is 39.7 Å². The molecule has 1 aromatic rings. The summed E-state index contributed by atoms with van der Waals surface area (Å²) in [6.45, 7) is 8.73. The number of hydrogen-bond donors (Lipinski definition) is 1. The van der Waals surface area contributed by atoms with E-state index >= 15 is 0 Å². The summed E-state index contributed by atoms with van der Waals surface area (Å²) in [5.41, 5.74) is 2.97. The molecule has 1 heterocycles. The van der Waals surface area contributed by atoms with Crippen molar-refractivity contribution < 1.29 is 9.53 Å². The van der Waals surface area contributed by atoms with Crippen LogP contribution >= 0.6 is 0 Å². The minimum Gasteiger partial charge on any atom is -0.448 e. The third-order valence-electron chi connectivity index (χ3n) is 4.02. The first-order valence-corrected chi connectivity index (χ1v) is 7.36. The number of likely N-dealkylation sites (tertiary alicyclic amines) is 1. The van der Waals surface area contributed by atoms with E-state index in [4.69, 9.17) is 4.74 Å². The fourth-order valence-corrected chi connectivity index (χ4v) is 2.82. The summed E-state index contributed by atoms with van der Waals surface area (Å²) in [6.07, 6.45) is 1.95. The van der Waals surface area contributed by atoms with Crippen LogP contribution in [0.2, 0.25) is 0 Å². The van der Waals surface area contributed by atoms with Gasteiger partial charge in [0.15, 0.2) is 0 Å². The lowest BCUT2D eigenvalue weighted by Gasteiger charge is -2.22. The van der Waals surface area contributed by atoms with E-state index in [1.54, 1.807) is 0 Å². The Balaban J connectivity index is 1.87. The van der Waals surface area contributed by atoms with Gasteiger partial charge in [-0.15, -0.1) is 0 Å². The number of hydrogen-bond acceptors (Lipinski definition) is 3. The van der Waals surface area contributed by atoms with Crippen LogP contribution in [0, 0.1) is 13.8 Å². The molecule has 110 valence electrons. The topological polar surface area (TPSA) is 41.6 Å². The normalized spacial score (nSPS) is 19.1. The van der Waals surface area contributed by atoms with Gasteiger partial charge in [0.1, 0.15) is 6.61 Å². The predicted molar refractivity (Wildman–Crippen MR) is 81.2 cm³/mol. The molecule has 1 amide bonds. The second-order valence-corrected chi connectivity index (χ2v) is 5.41. The van der Waals surface area contributed by atoms with Gasteiger partial charge in [0.05, 0.1) is 0 Å². The van der Waals surface area contributed by atoms with E-state index < -0.39 is 0 Å². The fourth-order valence-electron chi connectivity index (χ4n) is 2.82. The Morgan fingerprint density at radius 3 is 2.75 bits per heavy atom. The second-order valence-electron chi connectivity index (χ2n) is 5.41. The molecule has 0 saturated carbocycles. The van der Waals surface area contributed by atoms with Crippen LogP contribution in [0.1, 0.15) is 30.9 Å². The van der Waals surface area contributed by atoms with Crippen molar-refractivity contribution >= 4 is 11.8 Å². The number of ether oxygens (including phenoxy) is 1. The Hall–Kier alpha value is -1.55. The van der Waals surface area contributed by atoms with Gasteiger partial charge in [0, 0.05) is 11.7 Å². The number of carbonyl (C=O) groups excluding carboxylic acids is 1. The lowest BCUT2D eigenvalue weighted by atomic mass is 10.1. The van der Waals surface area contributed by atoms with Gasteiger partial charge in [-0.25, -0.2) is 4.79 Å². The molecule has 1 aliphatic rings. The Kier molecular flexibility index (Phi) is 5.01. The summed E-state index contributed by atoms with van der Waals surface area (Å²) < 4.78 is 5.38. The molecule has 4 nitrogen and oxygen atoms in total. The van der Waals surface area contributed by atoms with Crippen molar-refractivity contribution in [3.8, 4) is 0 Å². The predicted octanol–water partition coefficient (Wildman–Crippen LogP) is 3.34. The molecule has 1 atom stereocenters. The molecular weight excluding hydrogens is 252 g/mol. The van der Waals surface area contributed by atoms with Gasteiger partial charge in [0.25, 0.3) is 0 Å². The minimum absolute atomic E-state index is 0.356. The van der Waals surface area contributed by atoms with Crippen LogP contribution in [-0.4, -0.2) is 36.7 Å². The molecule has 1 aliphatic heterocycles. The molecule has 1 saturated heterocycles. The summed E-state index contributed by atoms with van der Waals surface area (Å²) in [4.78, 5) is 14.3. The van der Waals surface area contributed by atoms with Gasteiger partial charge in [0.2, 0.25) is 0 Å². The van der Waals surface area contributed by atoms with Crippen LogP contribution < -0.4 is 5.32 Å². The lowest BCUT2D eigenvalue weighted by molar-refractivity contribution is 0.120. The molecular formula is C16H24N2O2.